The highest BCUT2D eigenvalue weighted by molar-refractivity contribution is 7.91. The predicted octanol–water partition coefficient (Wildman–Crippen LogP) is 0.181. The molecule has 1 N–H and O–H groups in total. The molecule has 0 radical (unpaired) electrons. The van der Waals surface area contributed by atoms with Gasteiger partial charge in [0.1, 0.15) is 0 Å². The monoisotopic (exact) mass is 230 g/mol. The Balaban J connectivity index is 2.38. The molecule has 0 aromatic heterocycles. The molecule has 0 unspecified atom stereocenters. The standard InChI is InChI=1S/C9H10O5S/c10-3-4-15(11,12)7-1-2-8-9(5-7)14-6-13-8/h1-2,5,10H,3-4,6H2. The maximum Gasteiger partial charge on any atom is 0.231 e. The van der Waals surface area contributed by atoms with Gasteiger partial charge in [-0.15, -0.1) is 0 Å². The van der Waals surface area contributed by atoms with Crippen LogP contribution in [0.15, 0.2) is 23.1 Å². The van der Waals surface area contributed by atoms with Gasteiger partial charge in [0.15, 0.2) is 21.3 Å². The number of ether oxygens (including phenoxy) is 2. The molecule has 0 amide bonds. The average molecular weight is 230 g/mol. The number of sulfone groups is 1. The van der Waals surface area contributed by atoms with Crippen molar-refractivity contribution >= 4 is 9.84 Å². The average Bonchev–Trinajstić information content (AvgIpc) is 2.63. The Morgan fingerprint density at radius 3 is 2.73 bits per heavy atom. The molecule has 0 atom stereocenters. The molecule has 0 fully saturated rings. The summed E-state index contributed by atoms with van der Waals surface area (Å²) < 4.78 is 33.3. The van der Waals surface area contributed by atoms with Gasteiger partial charge in [-0.05, 0) is 12.1 Å². The number of hydrogen-bond donors (Lipinski definition) is 1. The number of aliphatic hydroxyl groups is 1. The lowest BCUT2D eigenvalue weighted by atomic mass is 10.3. The van der Waals surface area contributed by atoms with Crippen molar-refractivity contribution in [1.82, 2.24) is 0 Å². The summed E-state index contributed by atoms with van der Waals surface area (Å²) in [4.78, 5) is 0.140. The summed E-state index contributed by atoms with van der Waals surface area (Å²) >= 11 is 0. The Morgan fingerprint density at radius 2 is 2.00 bits per heavy atom. The summed E-state index contributed by atoms with van der Waals surface area (Å²) in [5.74, 6) is 0.680. The van der Waals surface area contributed by atoms with Crippen LogP contribution < -0.4 is 9.47 Å². The number of fused-ring (bicyclic) bond motifs is 1. The zero-order chi connectivity index (χ0) is 10.9. The van der Waals surface area contributed by atoms with Gasteiger partial charge in [-0.1, -0.05) is 0 Å². The highest BCUT2D eigenvalue weighted by Gasteiger charge is 2.19. The predicted molar refractivity (Wildman–Crippen MR) is 51.7 cm³/mol. The van der Waals surface area contributed by atoms with Crippen molar-refractivity contribution in [2.24, 2.45) is 0 Å². The van der Waals surface area contributed by atoms with Gasteiger partial charge in [0, 0.05) is 6.07 Å². The maximum absolute atomic E-state index is 11.6. The van der Waals surface area contributed by atoms with E-state index in [-0.39, 0.29) is 17.4 Å². The third-order valence-corrected chi connectivity index (χ3v) is 3.76. The van der Waals surface area contributed by atoms with E-state index in [0.29, 0.717) is 11.5 Å². The van der Waals surface area contributed by atoms with Crippen LogP contribution in [0, 0.1) is 0 Å². The molecule has 0 spiro atoms. The van der Waals surface area contributed by atoms with Gasteiger partial charge in [-0.3, -0.25) is 0 Å². The second-order valence-corrected chi connectivity index (χ2v) is 5.17. The van der Waals surface area contributed by atoms with Gasteiger partial charge in [0.05, 0.1) is 17.3 Å². The summed E-state index contributed by atoms with van der Waals surface area (Å²) in [6.45, 7) is -0.282. The number of rotatable bonds is 3. The largest absolute Gasteiger partial charge is 0.454 e. The second-order valence-electron chi connectivity index (χ2n) is 3.06. The Bertz CT molecular complexity index is 465. The van der Waals surface area contributed by atoms with Crippen LogP contribution in [-0.2, 0) is 9.84 Å². The first-order valence-corrected chi connectivity index (χ1v) is 6.02. The molecule has 1 aromatic carbocycles. The molecule has 6 heteroatoms. The lowest BCUT2D eigenvalue weighted by Gasteiger charge is -2.03. The van der Waals surface area contributed by atoms with E-state index < -0.39 is 16.4 Å². The van der Waals surface area contributed by atoms with Crippen LogP contribution in [0.4, 0.5) is 0 Å². The van der Waals surface area contributed by atoms with E-state index in [2.05, 4.69) is 0 Å². The Labute approximate surface area is 87.2 Å². The van der Waals surface area contributed by atoms with E-state index >= 15 is 0 Å². The summed E-state index contributed by atoms with van der Waals surface area (Å²) in [6, 6.07) is 4.40. The zero-order valence-corrected chi connectivity index (χ0v) is 8.66. The molecular weight excluding hydrogens is 220 g/mol. The molecule has 15 heavy (non-hydrogen) atoms. The topological polar surface area (TPSA) is 72.8 Å². The minimum atomic E-state index is -3.42. The number of benzene rings is 1. The molecule has 5 nitrogen and oxygen atoms in total. The fourth-order valence-corrected chi connectivity index (χ4v) is 2.35. The number of aliphatic hydroxyl groups excluding tert-OH is 1. The molecule has 1 aliphatic rings. The Kier molecular flexibility index (Phi) is 2.54. The maximum atomic E-state index is 11.6. The molecule has 82 valence electrons. The molecule has 0 bridgehead atoms. The van der Waals surface area contributed by atoms with Gasteiger partial charge in [0.2, 0.25) is 6.79 Å². The number of hydrogen-bond acceptors (Lipinski definition) is 5. The van der Waals surface area contributed by atoms with Crippen molar-refractivity contribution in [2.45, 2.75) is 4.90 Å². The lowest BCUT2D eigenvalue weighted by molar-refractivity contribution is 0.174. The van der Waals surface area contributed by atoms with E-state index in [9.17, 15) is 8.42 Å². The molecule has 0 saturated heterocycles. The third-order valence-electron chi connectivity index (χ3n) is 2.06. The van der Waals surface area contributed by atoms with Crippen LogP contribution >= 0.6 is 0 Å². The first-order valence-electron chi connectivity index (χ1n) is 4.37. The smallest absolute Gasteiger partial charge is 0.231 e. The van der Waals surface area contributed by atoms with Crippen molar-refractivity contribution in [1.29, 1.82) is 0 Å². The van der Waals surface area contributed by atoms with E-state index in [1.54, 1.807) is 6.07 Å². The fraction of sp³-hybridized carbons (Fsp3) is 0.333. The van der Waals surface area contributed by atoms with Crippen LogP contribution in [0.25, 0.3) is 0 Å². The highest BCUT2D eigenvalue weighted by Crippen LogP contribution is 2.33. The van der Waals surface area contributed by atoms with E-state index in [4.69, 9.17) is 14.6 Å². The van der Waals surface area contributed by atoms with Crippen LogP contribution in [0.2, 0.25) is 0 Å². The normalized spacial score (nSPS) is 14.2. The van der Waals surface area contributed by atoms with Crippen LogP contribution in [0.3, 0.4) is 0 Å². The SMILES string of the molecule is O=S(=O)(CCO)c1ccc2c(c1)OCO2. The van der Waals surface area contributed by atoms with Crippen molar-refractivity contribution in [3.8, 4) is 11.5 Å². The van der Waals surface area contributed by atoms with Gasteiger partial charge < -0.3 is 14.6 Å². The quantitative estimate of drug-likeness (QED) is 0.802. The molecule has 1 heterocycles. The first kappa shape index (κ1) is 10.3. The highest BCUT2D eigenvalue weighted by atomic mass is 32.2. The fourth-order valence-electron chi connectivity index (χ4n) is 1.31. The van der Waals surface area contributed by atoms with Gasteiger partial charge in [-0.25, -0.2) is 8.42 Å². The molecular formula is C9H10O5S. The molecule has 0 saturated carbocycles. The van der Waals surface area contributed by atoms with Crippen molar-refractivity contribution < 1.29 is 23.0 Å². The van der Waals surface area contributed by atoms with Gasteiger partial charge in [0.25, 0.3) is 0 Å². The van der Waals surface area contributed by atoms with Crippen molar-refractivity contribution in [3.05, 3.63) is 18.2 Å². The third kappa shape index (κ3) is 1.91. The van der Waals surface area contributed by atoms with E-state index in [1.165, 1.54) is 12.1 Å². The van der Waals surface area contributed by atoms with Crippen LogP contribution in [-0.4, -0.2) is 32.7 Å². The summed E-state index contributed by atoms with van der Waals surface area (Å²) in [5, 5.41) is 8.62. The first-order chi connectivity index (χ1) is 7.13. The summed E-state index contributed by atoms with van der Waals surface area (Å²) in [6.07, 6.45) is 0. The minimum absolute atomic E-state index is 0.110. The summed E-state index contributed by atoms with van der Waals surface area (Å²) in [5.41, 5.74) is 0. The zero-order valence-electron chi connectivity index (χ0n) is 7.84. The van der Waals surface area contributed by atoms with E-state index in [1.807, 2.05) is 0 Å². The molecule has 1 aliphatic heterocycles. The lowest BCUT2D eigenvalue weighted by Crippen LogP contribution is -2.09. The van der Waals surface area contributed by atoms with Gasteiger partial charge >= 0.3 is 0 Å². The Hall–Kier alpha value is -1.27. The molecule has 0 aliphatic carbocycles. The van der Waals surface area contributed by atoms with Crippen LogP contribution in [0.5, 0.6) is 11.5 Å². The van der Waals surface area contributed by atoms with Crippen LogP contribution in [0.1, 0.15) is 0 Å². The van der Waals surface area contributed by atoms with Gasteiger partial charge in [-0.2, -0.15) is 0 Å². The Morgan fingerprint density at radius 1 is 1.27 bits per heavy atom. The van der Waals surface area contributed by atoms with Crippen molar-refractivity contribution in [3.63, 3.8) is 0 Å². The minimum Gasteiger partial charge on any atom is -0.454 e. The summed E-state index contributed by atoms with van der Waals surface area (Å²) in [7, 11) is -3.42. The molecule has 1 aromatic rings. The second kappa shape index (κ2) is 3.71. The molecule has 2 rings (SSSR count). The van der Waals surface area contributed by atoms with E-state index in [0.717, 1.165) is 0 Å². The van der Waals surface area contributed by atoms with Crippen molar-refractivity contribution in [2.75, 3.05) is 19.2 Å².